The fourth-order valence-electron chi connectivity index (χ4n) is 5.50. The SMILES string of the molecule is O=C(Nc1ccc(F)c(F)c1)c1ccc(Cl)c(S(=O)(=O)C2CC3CC(C2)C3(O)[C@H](O)c2ccc(F)cn2)c1. The van der Waals surface area contributed by atoms with Crippen LogP contribution in [0.15, 0.2) is 59.6 Å². The Morgan fingerprint density at radius 2 is 1.74 bits per heavy atom. The van der Waals surface area contributed by atoms with Crippen LogP contribution in [0.2, 0.25) is 5.02 Å². The Bertz CT molecular complexity index is 1510. The van der Waals surface area contributed by atoms with Crippen molar-refractivity contribution in [1.29, 1.82) is 0 Å². The number of aliphatic hydroxyl groups is 2. The van der Waals surface area contributed by atoms with Gasteiger partial charge in [-0.2, -0.15) is 0 Å². The largest absolute Gasteiger partial charge is 0.386 e. The molecule has 3 N–H and O–H groups in total. The van der Waals surface area contributed by atoms with Gasteiger partial charge >= 0.3 is 0 Å². The number of fused-ring (bicyclic) bond motifs is 2. The Hall–Kier alpha value is -2.99. The van der Waals surface area contributed by atoms with E-state index < -0.39 is 62.0 Å². The number of carbonyl (C=O) groups is 1. The van der Waals surface area contributed by atoms with E-state index in [0.717, 1.165) is 36.5 Å². The Labute approximate surface area is 221 Å². The van der Waals surface area contributed by atoms with E-state index in [9.17, 15) is 36.6 Å². The van der Waals surface area contributed by atoms with Gasteiger partial charge in [0.2, 0.25) is 0 Å². The van der Waals surface area contributed by atoms with Gasteiger partial charge in [-0.3, -0.25) is 9.78 Å². The zero-order valence-corrected chi connectivity index (χ0v) is 21.2. The predicted molar refractivity (Wildman–Crippen MR) is 132 cm³/mol. The number of rotatable bonds is 6. The standard InChI is InChI=1S/C26H22ClF3N2O5S/c27-19-4-1-13(25(34)32-17-3-5-20(29)21(30)11-17)7-23(19)38(36,37)18-9-14-8-15(10-18)26(14,35)24(33)22-6-2-16(28)12-31-22/h1-7,11-12,14-15,18,24,33,35H,8-10H2,(H,32,34)/t14?,15?,18?,24-,26?/m1/s1. The molecule has 1 aromatic heterocycles. The zero-order valence-electron chi connectivity index (χ0n) is 19.6. The number of anilines is 1. The third-order valence-corrected chi connectivity index (χ3v) is 10.2. The normalized spacial score (nSPS) is 25.4. The minimum atomic E-state index is -4.06. The highest BCUT2D eigenvalue weighted by atomic mass is 35.5. The van der Waals surface area contributed by atoms with Gasteiger partial charge in [0.1, 0.15) is 17.5 Å². The Balaban J connectivity index is 1.35. The van der Waals surface area contributed by atoms with Crippen LogP contribution in [0.5, 0.6) is 0 Å². The van der Waals surface area contributed by atoms with E-state index in [2.05, 4.69) is 10.3 Å². The fraction of sp³-hybridized carbons (Fsp3) is 0.308. The molecule has 3 aromatic rings. The molecule has 2 unspecified atom stereocenters. The third kappa shape index (κ3) is 4.47. The Morgan fingerprint density at radius 3 is 2.37 bits per heavy atom. The molecule has 3 fully saturated rings. The number of benzene rings is 2. The molecule has 200 valence electrons. The number of halogens is 4. The van der Waals surface area contributed by atoms with Crippen molar-refractivity contribution < 1.29 is 36.6 Å². The van der Waals surface area contributed by atoms with Crippen molar-refractivity contribution >= 4 is 33.0 Å². The van der Waals surface area contributed by atoms with E-state index in [1.165, 1.54) is 18.2 Å². The summed E-state index contributed by atoms with van der Waals surface area (Å²) in [6.07, 6.45) is 0.0964. The minimum Gasteiger partial charge on any atom is -0.386 e. The molecule has 0 aliphatic heterocycles. The molecule has 2 bridgehead atoms. The van der Waals surface area contributed by atoms with Gasteiger partial charge in [-0.05, 0) is 73.6 Å². The molecule has 3 aliphatic rings. The molecular weight excluding hydrogens is 545 g/mol. The van der Waals surface area contributed by atoms with Crippen LogP contribution >= 0.6 is 11.6 Å². The van der Waals surface area contributed by atoms with Crippen LogP contribution in [0, 0.1) is 29.3 Å². The summed E-state index contributed by atoms with van der Waals surface area (Å²) < 4.78 is 67.0. The van der Waals surface area contributed by atoms with E-state index >= 15 is 0 Å². The summed E-state index contributed by atoms with van der Waals surface area (Å²) in [7, 11) is -4.06. The molecule has 3 aliphatic carbocycles. The lowest BCUT2D eigenvalue weighted by molar-refractivity contribution is -0.234. The number of sulfone groups is 1. The summed E-state index contributed by atoms with van der Waals surface area (Å²) in [5, 5.41) is 23.4. The first-order valence-electron chi connectivity index (χ1n) is 11.7. The van der Waals surface area contributed by atoms with Gasteiger partial charge in [0.15, 0.2) is 21.5 Å². The first-order valence-corrected chi connectivity index (χ1v) is 13.7. The smallest absolute Gasteiger partial charge is 0.255 e. The number of aliphatic hydroxyl groups excluding tert-OH is 1. The average molecular weight is 567 g/mol. The molecule has 3 atom stereocenters. The molecule has 12 heteroatoms. The highest BCUT2D eigenvalue weighted by Gasteiger charge is 2.63. The Kier molecular flexibility index (Phi) is 6.75. The predicted octanol–water partition coefficient (Wildman–Crippen LogP) is 4.44. The zero-order chi connectivity index (χ0) is 27.4. The summed E-state index contributed by atoms with van der Waals surface area (Å²) in [5.74, 6) is -4.69. The number of nitrogens with zero attached hydrogens (tertiary/aromatic N) is 1. The summed E-state index contributed by atoms with van der Waals surface area (Å²) in [4.78, 5) is 16.3. The van der Waals surface area contributed by atoms with E-state index in [1.54, 1.807) is 0 Å². The summed E-state index contributed by atoms with van der Waals surface area (Å²) in [6.45, 7) is 0. The van der Waals surface area contributed by atoms with E-state index in [0.29, 0.717) is 6.42 Å². The Morgan fingerprint density at radius 1 is 1.03 bits per heavy atom. The van der Waals surface area contributed by atoms with Gasteiger partial charge < -0.3 is 15.5 Å². The maximum Gasteiger partial charge on any atom is 0.255 e. The monoisotopic (exact) mass is 566 g/mol. The molecule has 1 amide bonds. The van der Waals surface area contributed by atoms with Crippen LogP contribution in [0.4, 0.5) is 18.9 Å². The third-order valence-electron chi connectivity index (χ3n) is 7.56. The van der Waals surface area contributed by atoms with Crippen molar-refractivity contribution in [3.05, 3.63) is 88.5 Å². The van der Waals surface area contributed by atoms with Crippen molar-refractivity contribution in [3.8, 4) is 0 Å². The number of carbonyl (C=O) groups excluding carboxylic acids is 1. The number of amides is 1. The van der Waals surface area contributed by atoms with Crippen LogP contribution in [0.25, 0.3) is 0 Å². The highest BCUT2D eigenvalue weighted by molar-refractivity contribution is 7.92. The fourth-order valence-corrected chi connectivity index (χ4v) is 7.90. The minimum absolute atomic E-state index is 0.0193. The van der Waals surface area contributed by atoms with Gasteiger partial charge in [-0.25, -0.2) is 21.6 Å². The lowest BCUT2D eigenvalue weighted by Crippen LogP contribution is -2.64. The van der Waals surface area contributed by atoms with Crippen molar-refractivity contribution in [2.45, 2.75) is 41.1 Å². The number of hydrogen-bond acceptors (Lipinski definition) is 6. The van der Waals surface area contributed by atoms with Crippen molar-refractivity contribution in [2.24, 2.45) is 11.8 Å². The average Bonchev–Trinajstić information content (AvgIpc) is 2.90. The molecule has 2 aromatic carbocycles. The molecule has 0 radical (unpaired) electrons. The number of hydrogen-bond donors (Lipinski definition) is 3. The second-order valence-electron chi connectivity index (χ2n) is 9.69. The van der Waals surface area contributed by atoms with Gasteiger partial charge in [0.25, 0.3) is 5.91 Å². The molecule has 6 rings (SSSR count). The van der Waals surface area contributed by atoms with Crippen molar-refractivity contribution in [3.63, 3.8) is 0 Å². The molecule has 1 heterocycles. The molecule has 3 saturated carbocycles. The summed E-state index contributed by atoms with van der Waals surface area (Å²) in [5.41, 5.74) is -1.60. The molecule has 0 saturated heterocycles. The van der Waals surface area contributed by atoms with Crippen LogP contribution in [-0.4, -0.2) is 40.4 Å². The topological polar surface area (TPSA) is 117 Å². The van der Waals surface area contributed by atoms with Gasteiger partial charge in [0.05, 0.1) is 27.1 Å². The number of nitrogens with one attached hydrogen (secondary N) is 1. The first-order chi connectivity index (χ1) is 17.9. The van der Waals surface area contributed by atoms with Crippen LogP contribution in [0.1, 0.15) is 41.4 Å². The second kappa shape index (κ2) is 9.64. The van der Waals surface area contributed by atoms with Crippen LogP contribution < -0.4 is 5.32 Å². The lowest BCUT2D eigenvalue weighted by Gasteiger charge is -2.59. The van der Waals surface area contributed by atoms with E-state index in [4.69, 9.17) is 11.6 Å². The number of aromatic nitrogens is 1. The van der Waals surface area contributed by atoms with Gasteiger partial charge in [-0.15, -0.1) is 0 Å². The maximum atomic E-state index is 13.6. The first kappa shape index (κ1) is 26.6. The van der Waals surface area contributed by atoms with Gasteiger partial charge in [-0.1, -0.05) is 11.6 Å². The second-order valence-corrected chi connectivity index (χ2v) is 12.3. The number of pyridine rings is 1. The quantitative estimate of drug-likeness (QED) is 0.406. The van der Waals surface area contributed by atoms with Crippen molar-refractivity contribution in [2.75, 3.05) is 5.32 Å². The van der Waals surface area contributed by atoms with E-state index in [1.807, 2.05) is 0 Å². The van der Waals surface area contributed by atoms with E-state index in [-0.39, 0.29) is 39.7 Å². The van der Waals surface area contributed by atoms with Crippen LogP contribution in [0.3, 0.4) is 0 Å². The molecule has 0 spiro atoms. The molecular formula is C26H22ClF3N2O5S. The summed E-state index contributed by atoms with van der Waals surface area (Å²) >= 11 is 6.22. The lowest BCUT2D eigenvalue weighted by atomic mass is 9.51. The van der Waals surface area contributed by atoms with Crippen LogP contribution in [-0.2, 0) is 9.84 Å². The molecule has 7 nitrogen and oxygen atoms in total. The molecule has 38 heavy (non-hydrogen) atoms. The van der Waals surface area contributed by atoms with Gasteiger partial charge in [0, 0.05) is 17.3 Å². The van der Waals surface area contributed by atoms with Crippen molar-refractivity contribution in [1.82, 2.24) is 4.98 Å². The summed E-state index contributed by atoms with van der Waals surface area (Å²) in [6, 6.07) is 8.89. The highest BCUT2D eigenvalue weighted by Crippen LogP contribution is 2.60. The maximum absolute atomic E-state index is 13.6.